The maximum Gasteiger partial charge on any atom is 0.247 e. The first-order valence-electron chi connectivity index (χ1n) is 8.41. The van der Waals surface area contributed by atoms with E-state index >= 15 is 0 Å². The van der Waals surface area contributed by atoms with E-state index in [1.54, 1.807) is 6.07 Å². The number of ether oxygens (including phenoxy) is 1. The summed E-state index contributed by atoms with van der Waals surface area (Å²) in [6.45, 7) is 2.73. The molecule has 0 spiro atoms. The molecule has 2 heterocycles. The van der Waals surface area contributed by atoms with E-state index in [-0.39, 0.29) is 23.1 Å². The highest BCUT2D eigenvalue weighted by atomic mass is 32.2. The van der Waals surface area contributed by atoms with Gasteiger partial charge >= 0.3 is 0 Å². The Morgan fingerprint density at radius 1 is 1.25 bits per heavy atom. The van der Waals surface area contributed by atoms with Gasteiger partial charge in [-0.1, -0.05) is 12.1 Å². The fraction of sp³-hybridized carbons (Fsp3) is 0.222. The Morgan fingerprint density at radius 3 is 2.75 bits per heavy atom. The predicted molar refractivity (Wildman–Crippen MR) is 110 cm³/mol. The molecule has 7 nitrogen and oxygen atoms in total. The third-order valence-corrected chi connectivity index (χ3v) is 7.14. The van der Waals surface area contributed by atoms with Crippen molar-refractivity contribution in [2.24, 2.45) is 5.14 Å². The number of primary sulfonamides is 1. The van der Waals surface area contributed by atoms with Gasteiger partial charge in [0.15, 0.2) is 0 Å². The molecular formula is C18H19N3O4S3. The molecule has 0 unspecified atom stereocenters. The molecule has 0 aliphatic heterocycles. The maximum atomic E-state index is 12.2. The number of aromatic nitrogens is 1. The van der Waals surface area contributed by atoms with Crippen LogP contribution in [0, 0.1) is 0 Å². The van der Waals surface area contributed by atoms with Crippen LogP contribution >= 0.6 is 22.7 Å². The highest BCUT2D eigenvalue weighted by Gasteiger charge is 2.14. The number of rotatable bonds is 8. The second kappa shape index (κ2) is 8.82. The Morgan fingerprint density at radius 2 is 2.04 bits per heavy atom. The van der Waals surface area contributed by atoms with Crippen LogP contribution in [0.5, 0.6) is 5.75 Å². The number of nitrogens with zero attached hydrogens (tertiary/aromatic N) is 1. The van der Waals surface area contributed by atoms with Crippen molar-refractivity contribution in [2.45, 2.75) is 24.1 Å². The van der Waals surface area contributed by atoms with E-state index in [0.717, 1.165) is 27.7 Å². The number of thiazole rings is 1. The van der Waals surface area contributed by atoms with Crippen molar-refractivity contribution in [1.29, 1.82) is 0 Å². The normalized spacial score (nSPS) is 11.4. The van der Waals surface area contributed by atoms with Gasteiger partial charge in [-0.15, -0.1) is 22.7 Å². The second-order valence-electron chi connectivity index (χ2n) is 5.79. The van der Waals surface area contributed by atoms with Crippen molar-refractivity contribution >= 4 is 38.6 Å². The zero-order valence-corrected chi connectivity index (χ0v) is 17.5. The lowest BCUT2D eigenvalue weighted by atomic mass is 10.2. The Bertz CT molecular complexity index is 1070. The van der Waals surface area contributed by atoms with Gasteiger partial charge in [-0.2, -0.15) is 0 Å². The minimum Gasteiger partial charge on any atom is -0.493 e. The topological polar surface area (TPSA) is 111 Å². The molecule has 0 atom stereocenters. The fourth-order valence-corrected chi connectivity index (χ4v) is 5.02. The number of hydrogen-bond acceptors (Lipinski definition) is 7. The van der Waals surface area contributed by atoms with Crippen LogP contribution in [0.2, 0.25) is 0 Å². The summed E-state index contributed by atoms with van der Waals surface area (Å²) in [6, 6.07) is 10.7. The van der Waals surface area contributed by atoms with Crippen LogP contribution in [-0.4, -0.2) is 25.9 Å². The molecule has 3 N–H and O–H groups in total. The van der Waals surface area contributed by atoms with Crippen LogP contribution in [0.4, 0.5) is 0 Å². The third kappa shape index (κ3) is 5.16. The Hall–Kier alpha value is -2.27. The number of sulfonamides is 1. The van der Waals surface area contributed by atoms with Crippen LogP contribution in [0.15, 0.2) is 46.0 Å². The summed E-state index contributed by atoms with van der Waals surface area (Å²) in [4.78, 5) is 17.4. The van der Waals surface area contributed by atoms with Crippen molar-refractivity contribution in [2.75, 3.05) is 6.61 Å². The molecule has 0 fully saturated rings. The van der Waals surface area contributed by atoms with Gasteiger partial charge in [0, 0.05) is 10.3 Å². The number of nitrogens with one attached hydrogen (secondary N) is 1. The van der Waals surface area contributed by atoms with Gasteiger partial charge in [-0.25, -0.2) is 18.5 Å². The molecule has 0 bridgehead atoms. The summed E-state index contributed by atoms with van der Waals surface area (Å²) in [5.74, 6) is 0.569. The van der Waals surface area contributed by atoms with Crippen LogP contribution < -0.4 is 15.2 Å². The number of nitrogens with two attached hydrogens (primary N) is 1. The molecule has 28 heavy (non-hydrogen) atoms. The molecule has 148 valence electrons. The number of carbonyl (C=O) groups excluding carboxylic acids is 1. The first-order chi connectivity index (χ1) is 13.4. The zero-order chi connectivity index (χ0) is 20.1. The van der Waals surface area contributed by atoms with Crippen molar-refractivity contribution in [3.63, 3.8) is 0 Å². The van der Waals surface area contributed by atoms with E-state index in [1.807, 2.05) is 36.6 Å². The maximum absolute atomic E-state index is 12.2. The minimum absolute atomic E-state index is 0.0776. The second-order valence-corrected chi connectivity index (χ2v) is 9.61. The smallest absolute Gasteiger partial charge is 0.247 e. The Balaban J connectivity index is 1.61. The van der Waals surface area contributed by atoms with Crippen LogP contribution in [0.25, 0.3) is 10.6 Å². The highest BCUT2D eigenvalue weighted by Crippen LogP contribution is 2.32. The molecule has 2 aromatic heterocycles. The molecule has 0 aliphatic carbocycles. The number of carbonyl (C=O) groups is 1. The molecule has 0 aliphatic rings. The average molecular weight is 438 g/mol. The Labute approximate surface area is 171 Å². The largest absolute Gasteiger partial charge is 0.493 e. The molecule has 10 heteroatoms. The number of thiophene rings is 1. The lowest BCUT2D eigenvalue weighted by Crippen LogP contribution is -2.24. The first kappa shape index (κ1) is 20.5. The zero-order valence-electron chi connectivity index (χ0n) is 15.0. The molecule has 0 saturated heterocycles. The van der Waals surface area contributed by atoms with E-state index in [4.69, 9.17) is 9.88 Å². The van der Waals surface area contributed by atoms with Crippen LogP contribution in [-0.2, 0) is 27.8 Å². The van der Waals surface area contributed by atoms with Gasteiger partial charge < -0.3 is 10.1 Å². The molecular weight excluding hydrogens is 418 g/mol. The van der Waals surface area contributed by atoms with Crippen molar-refractivity contribution in [3.05, 3.63) is 52.3 Å². The number of amides is 1. The molecule has 0 radical (unpaired) electrons. The Kier molecular flexibility index (Phi) is 6.45. The molecule has 3 aromatic rings. The van der Waals surface area contributed by atoms with Gasteiger partial charge in [-0.3, -0.25) is 4.79 Å². The molecule has 1 aromatic carbocycles. The lowest BCUT2D eigenvalue weighted by molar-refractivity contribution is -0.120. The van der Waals surface area contributed by atoms with E-state index in [2.05, 4.69) is 10.3 Å². The first-order valence-corrected chi connectivity index (χ1v) is 11.7. The van der Waals surface area contributed by atoms with Gasteiger partial charge in [0.1, 0.15) is 15.0 Å². The fourth-order valence-electron chi connectivity index (χ4n) is 2.46. The average Bonchev–Trinajstić information content (AvgIpc) is 3.30. The lowest BCUT2D eigenvalue weighted by Gasteiger charge is -2.07. The van der Waals surface area contributed by atoms with E-state index in [9.17, 15) is 13.2 Å². The van der Waals surface area contributed by atoms with Crippen LogP contribution in [0.3, 0.4) is 0 Å². The SMILES string of the molecule is CCOc1ccccc1-c1nc(CC(=O)NCc2ccc(S(N)(=O)=O)s2)cs1. The summed E-state index contributed by atoms with van der Waals surface area (Å²) in [5, 5.41) is 10.5. The van der Waals surface area contributed by atoms with Crippen molar-refractivity contribution in [1.82, 2.24) is 10.3 Å². The number of hydrogen-bond donors (Lipinski definition) is 2. The van der Waals surface area contributed by atoms with Gasteiger partial charge in [0.2, 0.25) is 15.9 Å². The van der Waals surface area contributed by atoms with Crippen LogP contribution in [0.1, 0.15) is 17.5 Å². The predicted octanol–water partition coefficient (Wildman–Crippen LogP) is 2.78. The van der Waals surface area contributed by atoms with Crippen molar-refractivity contribution in [3.8, 4) is 16.3 Å². The quantitative estimate of drug-likeness (QED) is 0.563. The van der Waals surface area contributed by atoms with E-state index in [0.29, 0.717) is 17.2 Å². The van der Waals surface area contributed by atoms with Gasteiger partial charge in [-0.05, 0) is 31.2 Å². The number of para-hydroxylation sites is 1. The summed E-state index contributed by atoms with van der Waals surface area (Å²) in [6.07, 6.45) is 0.140. The standard InChI is InChI=1S/C18H19N3O4S3/c1-2-25-15-6-4-3-5-14(15)18-21-12(11-26-18)9-16(22)20-10-13-7-8-17(27-13)28(19,23)24/h3-8,11H,2,9-10H2,1H3,(H,20,22)(H2,19,23,24). The monoisotopic (exact) mass is 437 g/mol. The summed E-state index contributed by atoms with van der Waals surface area (Å²) in [5.41, 5.74) is 1.57. The van der Waals surface area contributed by atoms with Gasteiger partial charge in [0.25, 0.3) is 0 Å². The van der Waals surface area contributed by atoms with Crippen molar-refractivity contribution < 1.29 is 17.9 Å². The summed E-state index contributed by atoms with van der Waals surface area (Å²) in [7, 11) is -3.71. The highest BCUT2D eigenvalue weighted by molar-refractivity contribution is 7.91. The summed E-state index contributed by atoms with van der Waals surface area (Å²) >= 11 is 2.50. The minimum atomic E-state index is -3.71. The molecule has 0 saturated carbocycles. The van der Waals surface area contributed by atoms with E-state index in [1.165, 1.54) is 17.4 Å². The molecule has 1 amide bonds. The molecule has 3 rings (SSSR count). The van der Waals surface area contributed by atoms with E-state index < -0.39 is 10.0 Å². The third-order valence-electron chi connectivity index (χ3n) is 3.69. The number of benzene rings is 1. The summed E-state index contributed by atoms with van der Waals surface area (Å²) < 4.78 is 28.3. The van der Waals surface area contributed by atoms with Gasteiger partial charge in [0.05, 0.1) is 30.8 Å².